The van der Waals surface area contributed by atoms with Gasteiger partial charge in [0.15, 0.2) is 0 Å². The molecule has 1 fully saturated rings. The van der Waals surface area contributed by atoms with Crippen molar-refractivity contribution in [3.05, 3.63) is 106 Å². The van der Waals surface area contributed by atoms with Gasteiger partial charge in [-0.15, -0.1) is 0 Å². The number of likely N-dealkylation sites (tertiary alicyclic amines) is 1. The predicted molar refractivity (Wildman–Crippen MR) is 143 cm³/mol. The number of rotatable bonds is 7. The number of pyridine rings is 1. The number of carbonyl (C=O) groups is 1. The van der Waals surface area contributed by atoms with Crippen molar-refractivity contribution >= 4 is 28.8 Å². The first-order valence-electron chi connectivity index (χ1n) is 12.2. The number of piperidine rings is 1. The molecular formula is C30H29ClN2O3. The molecule has 3 aromatic carbocycles. The number of halogens is 1. The molecule has 184 valence electrons. The van der Waals surface area contributed by atoms with E-state index in [2.05, 4.69) is 29.2 Å². The summed E-state index contributed by atoms with van der Waals surface area (Å²) in [6.07, 6.45) is 2.03. The number of methoxy groups -OCH3 is 1. The number of nitrogens with zero attached hydrogens (tertiary/aromatic N) is 2. The summed E-state index contributed by atoms with van der Waals surface area (Å²) in [6, 6.07) is 25.4. The fourth-order valence-corrected chi connectivity index (χ4v) is 5.43. The summed E-state index contributed by atoms with van der Waals surface area (Å²) in [4.78, 5) is 18.5. The van der Waals surface area contributed by atoms with Crippen LogP contribution in [-0.4, -0.2) is 47.1 Å². The molecular weight excluding hydrogens is 472 g/mol. The molecule has 6 heteroatoms. The molecule has 1 atom stereocenters. The molecule has 0 bridgehead atoms. The second-order valence-corrected chi connectivity index (χ2v) is 9.94. The molecule has 1 unspecified atom stereocenters. The van der Waals surface area contributed by atoms with E-state index in [1.165, 1.54) is 5.56 Å². The Morgan fingerprint density at radius 2 is 1.78 bits per heavy atom. The summed E-state index contributed by atoms with van der Waals surface area (Å²) in [7, 11) is 1.60. The highest BCUT2D eigenvalue weighted by molar-refractivity contribution is 6.30. The fraction of sp³-hybridized carbons (Fsp3) is 0.267. The molecule has 5 nitrogen and oxygen atoms in total. The molecule has 1 aromatic heterocycles. The van der Waals surface area contributed by atoms with E-state index in [1.54, 1.807) is 13.2 Å². The highest BCUT2D eigenvalue weighted by atomic mass is 35.5. The van der Waals surface area contributed by atoms with Gasteiger partial charge in [-0.3, -0.25) is 9.69 Å². The van der Waals surface area contributed by atoms with Crippen LogP contribution in [-0.2, 0) is 6.54 Å². The Morgan fingerprint density at radius 1 is 1.06 bits per heavy atom. The maximum atomic E-state index is 12.2. The van der Waals surface area contributed by atoms with Gasteiger partial charge >= 0.3 is 0 Å². The molecule has 36 heavy (non-hydrogen) atoms. The van der Waals surface area contributed by atoms with Crippen LogP contribution < -0.4 is 4.74 Å². The van der Waals surface area contributed by atoms with Gasteiger partial charge in [0.05, 0.1) is 18.2 Å². The van der Waals surface area contributed by atoms with Crippen LogP contribution in [0, 0.1) is 0 Å². The van der Waals surface area contributed by atoms with Gasteiger partial charge in [0, 0.05) is 47.1 Å². The summed E-state index contributed by atoms with van der Waals surface area (Å²) >= 11 is 6.21. The number of carbonyl (C=O) groups excluding carboxylic acids is 1. The smallest absolute Gasteiger partial charge is 0.217 e. The number of benzene rings is 3. The summed E-state index contributed by atoms with van der Waals surface area (Å²) < 4.78 is 5.74. The Kier molecular flexibility index (Phi) is 7.06. The van der Waals surface area contributed by atoms with Crippen LogP contribution in [0.25, 0.3) is 10.9 Å². The van der Waals surface area contributed by atoms with Gasteiger partial charge in [0.2, 0.25) is 5.88 Å². The second-order valence-electron chi connectivity index (χ2n) is 9.51. The van der Waals surface area contributed by atoms with Crippen molar-refractivity contribution in [2.24, 2.45) is 0 Å². The number of fused-ring (bicyclic) bond motifs is 1. The van der Waals surface area contributed by atoms with Gasteiger partial charge < -0.3 is 9.84 Å². The quantitative estimate of drug-likeness (QED) is 0.322. The molecule has 2 heterocycles. The van der Waals surface area contributed by atoms with E-state index >= 15 is 0 Å². The lowest BCUT2D eigenvalue weighted by Crippen LogP contribution is -2.48. The highest BCUT2D eigenvalue weighted by Crippen LogP contribution is 2.45. The van der Waals surface area contributed by atoms with Crippen LogP contribution in [0.5, 0.6) is 5.88 Å². The van der Waals surface area contributed by atoms with E-state index < -0.39 is 5.60 Å². The van der Waals surface area contributed by atoms with Gasteiger partial charge in [-0.1, -0.05) is 54.1 Å². The number of ether oxygens (including phenoxy) is 1. The average Bonchev–Trinajstić information content (AvgIpc) is 2.91. The Balaban J connectivity index is 1.54. The molecule has 0 amide bonds. The zero-order valence-electron chi connectivity index (χ0n) is 20.2. The van der Waals surface area contributed by atoms with Crippen LogP contribution in [0.4, 0.5) is 0 Å². The monoisotopic (exact) mass is 500 g/mol. The van der Waals surface area contributed by atoms with Crippen LogP contribution in [0.3, 0.4) is 0 Å². The normalized spacial score (nSPS) is 16.5. The third-order valence-electron chi connectivity index (χ3n) is 7.18. The molecule has 0 radical (unpaired) electrons. The molecule has 1 saturated heterocycles. The van der Waals surface area contributed by atoms with E-state index in [-0.39, 0.29) is 5.92 Å². The largest absolute Gasteiger partial charge is 0.481 e. The second kappa shape index (κ2) is 10.4. The fourth-order valence-electron chi connectivity index (χ4n) is 5.30. The Morgan fingerprint density at radius 3 is 2.44 bits per heavy atom. The maximum absolute atomic E-state index is 12.2. The molecule has 0 spiro atoms. The topological polar surface area (TPSA) is 62.7 Å². The van der Waals surface area contributed by atoms with E-state index in [9.17, 15) is 9.90 Å². The summed E-state index contributed by atoms with van der Waals surface area (Å²) in [5, 5.41) is 13.7. The minimum atomic E-state index is -1.01. The number of aldehydes is 1. The van der Waals surface area contributed by atoms with Crippen molar-refractivity contribution < 1.29 is 14.6 Å². The summed E-state index contributed by atoms with van der Waals surface area (Å²) in [5.41, 5.74) is 3.32. The number of hydrogen-bond acceptors (Lipinski definition) is 5. The number of hydrogen-bond donors (Lipinski definition) is 1. The molecule has 0 saturated carbocycles. The number of aliphatic hydroxyl groups is 1. The van der Waals surface area contributed by atoms with Crippen molar-refractivity contribution in [3.63, 3.8) is 0 Å². The van der Waals surface area contributed by atoms with Crippen molar-refractivity contribution in [1.29, 1.82) is 0 Å². The lowest BCUT2D eigenvalue weighted by molar-refractivity contribution is -0.0360. The van der Waals surface area contributed by atoms with Crippen molar-refractivity contribution in [3.8, 4) is 5.88 Å². The van der Waals surface area contributed by atoms with Gasteiger partial charge in [0.25, 0.3) is 0 Å². The van der Waals surface area contributed by atoms with Crippen LogP contribution in [0.15, 0.2) is 78.9 Å². The lowest BCUT2D eigenvalue weighted by atomic mass is 9.72. The predicted octanol–water partition coefficient (Wildman–Crippen LogP) is 5.87. The Hall–Kier alpha value is -3.25. The average molecular weight is 501 g/mol. The molecule has 1 aliphatic heterocycles. The van der Waals surface area contributed by atoms with Crippen molar-refractivity contribution in [2.45, 2.75) is 30.9 Å². The SMILES string of the molecule is COc1nc2ccc(C=O)cc2cc1C(c1ccc(Cl)cc1)C1(O)CCN(Cc2ccccc2)CC1. The zero-order chi connectivity index (χ0) is 25.1. The summed E-state index contributed by atoms with van der Waals surface area (Å²) in [5.74, 6) is 0.0989. The molecule has 0 aliphatic carbocycles. The van der Waals surface area contributed by atoms with E-state index in [0.717, 1.165) is 48.0 Å². The van der Waals surface area contributed by atoms with Gasteiger partial charge in [-0.25, -0.2) is 4.98 Å². The third kappa shape index (κ3) is 5.00. The number of aromatic nitrogens is 1. The van der Waals surface area contributed by atoms with E-state index in [4.69, 9.17) is 21.3 Å². The maximum Gasteiger partial charge on any atom is 0.217 e. The Bertz CT molecular complexity index is 1350. The van der Waals surface area contributed by atoms with Crippen LogP contribution in [0.2, 0.25) is 5.02 Å². The van der Waals surface area contributed by atoms with Crippen molar-refractivity contribution in [2.75, 3.05) is 20.2 Å². The minimum Gasteiger partial charge on any atom is -0.481 e. The Labute approximate surface area is 216 Å². The van der Waals surface area contributed by atoms with E-state index in [0.29, 0.717) is 29.3 Å². The first-order valence-corrected chi connectivity index (χ1v) is 12.5. The van der Waals surface area contributed by atoms with E-state index in [1.807, 2.05) is 48.5 Å². The summed E-state index contributed by atoms with van der Waals surface area (Å²) in [6.45, 7) is 2.40. The highest BCUT2D eigenvalue weighted by Gasteiger charge is 2.43. The zero-order valence-corrected chi connectivity index (χ0v) is 21.0. The van der Waals surface area contributed by atoms with Gasteiger partial charge in [0.1, 0.15) is 6.29 Å². The first kappa shape index (κ1) is 24.4. The van der Waals surface area contributed by atoms with Gasteiger partial charge in [-0.2, -0.15) is 0 Å². The van der Waals surface area contributed by atoms with Crippen LogP contribution >= 0.6 is 11.6 Å². The first-order chi connectivity index (χ1) is 17.5. The molecule has 5 rings (SSSR count). The third-order valence-corrected chi connectivity index (χ3v) is 7.44. The van der Waals surface area contributed by atoms with Crippen molar-refractivity contribution in [1.82, 2.24) is 9.88 Å². The molecule has 1 N–H and O–H groups in total. The lowest BCUT2D eigenvalue weighted by Gasteiger charge is -2.43. The van der Waals surface area contributed by atoms with Gasteiger partial charge in [-0.05, 0) is 60.4 Å². The molecule has 1 aliphatic rings. The molecule has 4 aromatic rings. The standard InChI is InChI=1S/C30H29ClN2O3/c1-36-29-26(18-24-17-22(20-34)7-12-27(24)32-29)28(23-8-10-25(31)11-9-23)30(35)13-15-33(16-14-30)19-21-5-3-2-4-6-21/h2-12,17-18,20,28,35H,13-16,19H2,1H3. The van der Waals surface area contributed by atoms with Crippen LogP contribution in [0.1, 0.15) is 45.8 Å². The minimum absolute atomic E-state index is 0.375.